The van der Waals surface area contributed by atoms with Gasteiger partial charge in [0.1, 0.15) is 0 Å². The topological polar surface area (TPSA) is 58.6 Å². The van der Waals surface area contributed by atoms with Crippen molar-refractivity contribution in [3.63, 3.8) is 0 Å². The van der Waals surface area contributed by atoms with Crippen LogP contribution in [0.15, 0.2) is 18.2 Å². The number of piperidine rings is 1. The van der Waals surface area contributed by atoms with Crippen LogP contribution in [0, 0.1) is 11.8 Å². The average molecular weight is 393 g/mol. The molecule has 0 radical (unpaired) electrons. The van der Waals surface area contributed by atoms with Gasteiger partial charge in [-0.05, 0) is 55.7 Å². The number of anilines is 1. The number of amides is 2. The number of carbonyl (C=O) groups excluding carboxylic acids is 2. The molecule has 2 fully saturated rings. The Bertz CT molecular complexity index is 690. The molecule has 2 amide bonds. The highest BCUT2D eigenvalue weighted by molar-refractivity contribution is 6.34. The summed E-state index contributed by atoms with van der Waals surface area (Å²) in [5.41, 5.74) is 1.03. The lowest BCUT2D eigenvalue weighted by Crippen LogP contribution is -2.49. The fraction of sp³-hybridized carbons (Fsp3) is 0.619. The number of likely N-dealkylation sites (tertiary alicyclic amines) is 1. The van der Waals surface area contributed by atoms with Gasteiger partial charge in [0, 0.05) is 18.3 Å². The van der Waals surface area contributed by atoms with Crippen molar-refractivity contribution in [2.75, 3.05) is 18.5 Å². The van der Waals surface area contributed by atoms with E-state index in [1.54, 1.807) is 18.2 Å². The number of carbonyl (C=O) groups is 2. The smallest absolute Gasteiger partial charge is 0.411 e. The summed E-state index contributed by atoms with van der Waals surface area (Å²) in [5.74, 6) is 0.907. The molecule has 6 heteroatoms. The third-order valence-electron chi connectivity index (χ3n) is 5.50. The van der Waals surface area contributed by atoms with E-state index in [1.807, 2.05) is 18.7 Å². The van der Waals surface area contributed by atoms with Crippen LogP contribution < -0.4 is 5.32 Å². The molecule has 0 spiro atoms. The normalized spacial score (nSPS) is 22.3. The van der Waals surface area contributed by atoms with Crippen LogP contribution in [0.2, 0.25) is 5.02 Å². The minimum absolute atomic E-state index is 0.00512. The average Bonchev–Trinajstić information content (AvgIpc) is 2.65. The molecule has 2 aliphatic rings. The van der Waals surface area contributed by atoms with Crippen LogP contribution in [-0.2, 0) is 4.74 Å². The molecule has 1 aromatic rings. The lowest BCUT2D eigenvalue weighted by Gasteiger charge is -2.44. The number of nitrogens with zero attached hydrogens (tertiary/aromatic N) is 1. The molecule has 0 bridgehead atoms. The third kappa shape index (κ3) is 4.95. The maximum atomic E-state index is 13.1. The van der Waals surface area contributed by atoms with Gasteiger partial charge in [0.15, 0.2) is 0 Å². The Morgan fingerprint density at radius 3 is 2.70 bits per heavy atom. The molecule has 27 heavy (non-hydrogen) atoms. The number of hydrogen-bond donors (Lipinski definition) is 1. The Kier molecular flexibility index (Phi) is 6.64. The van der Waals surface area contributed by atoms with Gasteiger partial charge >= 0.3 is 6.09 Å². The second-order valence-electron chi connectivity index (χ2n) is 8.06. The summed E-state index contributed by atoms with van der Waals surface area (Å²) in [7, 11) is 0. The summed E-state index contributed by atoms with van der Waals surface area (Å²) in [6, 6.07) is 5.38. The Morgan fingerprint density at radius 2 is 1.96 bits per heavy atom. The lowest BCUT2D eigenvalue weighted by molar-refractivity contribution is 0.0391. The van der Waals surface area contributed by atoms with E-state index in [2.05, 4.69) is 5.32 Å². The molecule has 1 N–H and O–H groups in total. The molecule has 0 aromatic heterocycles. The van der Waals surface area contributed by atoms with E-state index in [-0.39, 0.29) is 11.8 Å². The molecule has 1 saturated carbocycles. The minimum Gasteiger partial charge on any atom is -0.449 e. The summed E-state index contributed by atoms with van der Waals surface area (Å²) in [4.78, 5) is 26.9. The Labute approximate surface area is 166 Å². The molecule has 1 heterocycles. The van der Waals surface area contributed by atoms with E-state index in [1.165, 1.54) is 25.7 Å². The number of nitrogens with one attached hydrogen (secondary N) is 1. The van der Waals surface area contributed by atoms with Gasteiger partial charge in [0.25, 0.3) is 5.91 Å². The fourth-order valence-electron chi connectivity index (χ4n) is 4.19. The molecule has 148 valence electrons. The van der Waals surface area contributed by atoms with Gasteiger partial charge in [-0.1, -0.05) is 38.3 Å². The van der Waals surface area contributed by atoms with Gasteiger partial charge in [-0.3, -0.25) is 10.1 Å². The molecule has 1 aromatic carbocycles. The lowest BCUT2D eigenvalue weighted by atomic mass is 9.78. The van der Waals surface area contributed by atoms with E-state index in [4.69, 9.17) is 16.3 Å². The van der Waals surface area contributed by atoms with Gasteiger partial charge < -0.3 is 9.64 Å². The summed E-state index contributed by atoms with van der Waals surface area (Å²) < 4.78 is 5.11. The fourth-order valence-corrected chi connectivity index (χ4v) is 4.46. The van der Waals surface area contributed by atoms with Gasteiger partial charge in [0.05, 0.1) is 17.2 Å². The van der Waals surface area contributed by atoms with Crippen LogP contribution in [0.1, 0.15) is 62.7 Å². The standard InChI is InChI=1S/C21H29ClN2O3/c1-14(2)13-27-21(26)23-16-9-10-17(18(22)12-16)20(25)24-11-5-7-15-6-3-4-8-19(15)24/h9-10,12,14-15,19H,3-8,11,13H2,1-2H3,(H,23,26)/t15-,19-/m1/s1. The van der Waals surface area contributed by atoms with Crippen LogP contribution in [0.25, 0.3) is 0 Å². The molecule has 1 aliphatic carbocycles. The number of rotatable bonds is 4. The SMILES string of the molecule is CC(C)COC(=O)Nc1ccc(C(=O)N2CCC[C@H]3CCCC[C@H]32)c(Cl)c1. The number of fused-ring (bicyclic) bond motifs is 1. The number of hydrogen-bond acceptors (Lipinski definition) is 3. The van der Waals surface area contributed by atoms with Crippen molar-refractivity contribution in [2.45, 2.75) is 58.4 Å². The van der Waals surface area contributed by atoms with E-state index in [9.17, 15) is 9.59 Å². The molecule has 1 saturated heterocycles. The zero-order valence-corrected chi connectivity index (χ0v) is 16.9. The molecular formula is C21H29ClN2O3. The van der Waals surface area contributed by atoms with E-state index in [0.717, 1.165) is 19.4 Å². The van der Waals surface area contributed by atoms with Crippen molar-refractivity contribution in [2.24, 2.45) is 11.8 Å². The summed E-state index contributed by atoms with van der Waals surface area (Å²) in [6.07, 6.45) is 6.56. The summed E-state index contributed by atoms with van der Waals surface area (Å²) >= 11 is 6.39. The molecule has 1 aliphatic heterocycles. The van der Waals surface area contributed by atoms with Crippen molar-refractivity contribution in [1.29, 1.82) is 0 Å². The highest BCUT2D eigenvalue weighted by atomic mass is 35.5. The van der Waals surface area contributed by atoms with Crippen LogP contribution in [0.3, 0.4) is 0 Å². The monoisotopic (exact) mass is 392 g/mol. The zero-order valence-electron chi connectivity index (χ0n) is 16.2. The predicted molar refractivity (Wildman–Crippen MR) is 107 cm³/mol. The first-order valence-electron chi connectivity index (χ1n) is 10.00. The van der Waals surface area contributed by atoms with Crippen molar-refractivity contribution >= 4 is 29.3 Å². The van der Waals surface area contributed by atoms with Crippen molar-refractivity contribution in [3.8, 4) is 0 Å². The van der Waals surface area contributed by atoms with E-state index < -0.39 is 6.09 Å². The van der Waals surface area contributed by atoms with Crippen LogP contribution >= 0.6 is 11.6 Å². The van der Waals surface area contributed by atoms with Gasteiger partial charge in [-0.2, -0.15) is 0 Å². The maximum Gasteiger partial charge on any atom is 0.411 e. The first-order chi connectivity index (χ1) is 13.0. The predicted octanol–water partition coefficient (Wildman–Crippen LogP) is 5.34. The molecule has 0 unspecified atom stereocenters. The van der Waals surface area contributed by atoms with E-state index in [0.29, 0.717) is 34.8 Å². The van der Waals surface area contributed by atoms with Crippen LogP contribution in [-0.4, -0.2) is 36.1 Å². The minimum atomic E-state index is -0.514. The van der Waals surface area contributed by atoms with Gasteiger partial charge in [-0.25, -0.2) is 4.79 Å². The van der Waals surface area contributed by atoms with Gasteiger partial charge in [-0.15, -0.1) is 0 Å². The Morgan fingerprint density at radius 1 is 1.22 bits per heavy atom. The molecule has 5 nitrogen and oxygen atoms in total. The second kappa shape index (κ2) is 8.96. The van der Waals surface area contributed by atoms with Crippen LogP contribution in [0.5, 0.6) is 0 Å². The van der Waals surface area contributed by atoms with Gasteiger partial charge in [0.2, 0.25) is 0 Å². The molecular weight excluding hydrogens is 364 g/mol. The van der Waals surface area contributed by atoms with E-state index >= 15 is 0 Å². The van der Waals surface area contributed by atoms with Crippen molar-refractivity contribution in [3.05, 3.63) is 28.8 Å². The maximum absolute atomic E-state index is 13.1. The number of benzene rings is 1. The highest BCUT2D eigenvalue weighted by Gasteiger charge is 2.36. The molecule has 3 rings (SSSR count). The Balaban J connectivity index is 1.67. The van der Waals surface area contributed by atoms with Crippen molar-refractivity contribution in [1.82, 2.24) is 4.90 Å². The summed E-state index contributed by atoms with van der Waals surface area (Å²) in [6.45, 7) is 5.11. The second-order valence-corrected chi connectivity index (χ2v) is 8.47. The number of halogens is 1. The largest absolute Gasteiger partial charge is 0.449 e. The van der Waals surface area contributed by atoms with Crippen molar-refractivity contribution < 1.29 is 14.3 Å². The van der Waals surface area contributed by atoms with Crippen LogP contribution in [0.4, 0.5) is 10.5 Å². The quantitative estimate of drug-likeness (QED) is 0.752. The number of ether oxygens (including phenoxy) is 1. The Hall–Kier alpha value is -1.75. The first-order valence-corrected chi connectivity index (χ1v) is 10.4. The first kappa shape index (κ1) is 20.0. The third-order valence-corrected chi connectivity index (χ3v) is 5.81. The zero-order chi connectivity index (χ0) is 19.4. The highest BCUT2D eigenvalue weighted by Crippen LogP contribution is 2.36. The molecule has 2 atom stereocenters. The summed E-state index contributed by atoms with van der Waals surface area (Å²) in [5, 5.41) is 3.02.